The van der Waals surface area contributed by atoms with Crippen LogP contribution in [0.2, 0.25) is 0 Å². The Hall–Kier alpha value is -1.52. The lowest BCUT2D eigenvalue weighted by molar-refractivity contribution is 0.417. The van der Waals surface area contributed by atoms with Crippen molar-refractivity contribution in [2.24, 2.45) is 0 Å². The summed E-state index contributed by atoms with van der Waals surface area (Å²) in [4.78, 5) is 7.84. The van der Waals surface area contributed by atoms with Crippen molar-refractivity contribution in [3.8, 4) is 0 Å². The highest BCUT2D eigenvalue weighted by Gasteiger charge is 2.00. The van der Waals surface area contributed by atoms with Crippen molar-refractivity contribution in [3.05, 3.63) is 12.0 Å². The normalized spacial score (nSPS) is 10.5. The first-order valence-corrected chi connectivity index (χ1v) is 2.78. The van der Waals surface area contributed by atoms with Crippen LogP contribution in [0.15, 0.2) is 10.7 Å². The quantitative estimate of drug-likeness (QED) is 0.521. The van der Waals surface area contributed by atoms with Crippen molar-refractivity contribution >= 4 is 11.2 Å². The Bertz CT molecular complexity index is 355. The minimum Gasteiger partial charge on any atom is -0.316 e. The van der Waals surface area contributed by atoms with Gasteiger partial charge >= 0.3 is 0 Å². The number of hydrogen-bond acceptors (Lipinski definition) is 5. The predicted octanol–water partition coefficient (Wildman–Crippen LogP) is 0.321. The highest BCUT2D eigenvalue weighted by Crippen LogP contribution is 2.03. The fourth-order valence-corrected chi connectivity index (χ4v) is 0.682. The number of nitrogens with zero attached hydrogens (tertiary/aromatic N) is 4. The van der Waals surface area contributed by atoms with E-state index in [0.717, 1.165) is 0 Å². The summed E-state index contributed by atoms with van der Waals surface area (Å²) in [5.74, 6) is 0.658. The van der Waals surface area contributed by atoms with Gasteiger partial charge in [-0.3, -0.25) is 0 Å². The molecule has 5 nitrogen and oxygen atoms in total. The van der Waals surface area contributed by atoms with Crippen LogP contribution < -0.4 is 0 Å². The molecule has 0 amide bonds. The summed E-state index contributed by atoms with van der Waals surface area (Å²) >= 11 is 0. The van der Waals surface area contributed by atoms with E-state index in [9.17, 15) is 0 Å². The summed E-state index contributed by atoms with van der Waals surface area (Å²) in [5.41, 5.74) is 1.03. The molecule has 0 radical (unpaired) electrons. The van der Waals surface area contributed by atoms with Crippen LogP contribution in [0.3, 0.4) is 0 Å². The maximum absolute atomic E-state index is 4.69. The van der Waals surface area contributed by atoms with Gasteiger partial charge in [0.1, 0.15) is 5.82 Å². The van der Waals surface area contributed by atoms with Crippen LogP contribution in [0, 0.1) is 6.92 Å². The zero-order valence-corrected chi connectivity index (χ0v) is 5.27. The molecule has 0 fully saturated rings. The molecule has 0 aliphatic heterocycles. The molecule has 0 aliphatic carbocycles. The molecule has 0 aliphatic rings. The van der Waals surface area contributed by atoms with Gasteiger partial charge in [0.15, 0.2) is 5.52 Å². The number of aryl methyl sites for hydroxylation is 1. The van der Waals surface area contributed by atoms with Gasteiger partial charge in [-0.15, -0.1) is 5.10 Å². The smallest absolute Gasteiger partial charge is 0.281 e. The van der Waals surface area contributed by atoms with Crippen molar-refractivity contribution in [1.82, 2.24) is 20.3 Å². The van der Waals surface area contributed by atoms with Crippen LogP contribution in [0.4, 0.5) is 0 Å². The highest BCUT2D eigenvalue weighted by atomic mass is 16.5. The summed E-state index contributed by atoms with van der Waals surface area (Å²) < 4.78 is 4.69. The molecule has 10 heavy (non-hydrogen) atoms. The number of rotatable bonds is 0. The third-order valence-corrected chi connectivity index (χ3v) is 1.13. The summed E-state index contributed by atoms with van der Waals surface area (Å²) in [7, 11) is 0. The second-order valence-corrected chi connectivity index (χ2v) is 1.88. The number of hydrogen-bond donors (Lipinski definition) is 0. The topological polar surface area (TPSA) is 64.7 Å². The van der Waals surface area contributed by atoms with Gasteiger partial charge in [-0.05, 0) is 6.92 Å². The zero-order valence-electron chi connectivity index (χ0n) is 5.27. The van der Waals surface area contributed by atoms with E-state index in [2.05, 4.69) is 24.9 Å². The Balaban J connectivity index is 2.86. The van der Waals surface area contributed by atoms with E-state index in [0.29, 0.717) is 17.1 Å². The molecule has 0 spiro atoms. The van der Waals surface area contributed by atoms with Crippen molar-refractivity contribution in [2.75, 3.05) is 0 Å². The van der Waals surface area contributed by atoms with Crippen LogP contribution in [0.25, 0.3) is 11.2 Å². The van der Waals surface area contributed by atoms with Crippen LogP contribution in [-0.2, 0) is 0 Å². The molecule has 5 heteroatoms. The maximum Gasteiger partial charge on any atom is 0.281 e. The Morgan fingerprint density at radius 2 is 2.40 bits per heavy atom. The molecule has 2 rings (SSSR count). The first-order valence-electron chi connectivity index (χ1n) is 2.78. The van der Waals surface area contributed by atoms with Gasteiger partial charge in [0.2, 0.25) is 0 Å². The van der Waals surface area contributed by atoms with Crippen LogP contribution >= 0.6 is 0 Å². The van der Waals surface area contributed by atoms with Crippen LogP contribution in [0.5, 0.6) is 0 Å². The highest BCUT2D eigenvalue weighted by molar-refractivity contribution is 5.64. The van der Waals surface area contributed by atoms with Crippen molar-refractivity contribution in [1.29, 1.82) is 0 Å². The molecule has 0 atom stereocenters. The third-order valence-electron chi connectivity index (χ3n) is 1.13. The second-order valence-electron chi connectivity index (χ2n) is 1.88. The lowest BCUT2D eigenvalue weighted by Crippen LogP contribution is -1.84. The van der Waals surface area contributed by atoms with Gasteiger partial charge < -0.3 is 4.52 Å². The van der Waals surface area contributed by atoms with Crippen molar-refractivity contribution < 1.29 is 4.52 Å². The first kappa shape index (κ1) is 5.28. The lowest BCUT2D eigenvalue weighted by Gasteiger charge is -1.84. The Labute approximate surface area is 56.1 Å². The fraction of sp³-hybridized carbons (Fsp3) is 0.200. The van der Waals surface area contributed by atoms with E-state index in [1.807, 2.05) is 0 Å². The van der Waals surface area contributed by atoms with Gasteiger partial charge in [-0.1, -0.05) is 0 Å². The second kappa shape index (κ2) is 1.73. The molecule has 0 aromatic carbocycles. The van der Waals surface area contributed by atoms with E-state index in [1.165, 1.54) is 0 Å². The molecule has 50 valence electrons. The van der Waals surface area contributed by atoms with Crippen LogP contribution in [0.1, 0.15) is 5.82 Å². The Morgan fingerprint density at radius 3 is 3.30 bits per heavy atom. The summed E-state index contributed by atoms with van der Waals surface area (Å²) in [5, 5.41) is 6.93. The summed E-state index contributed by atoms with van der Waals surface area (Å²) in [6.45, 7) is 1.78. The molecule has 2 aromatic heterocycles. The molecule has 0 unspecified atom stereocenters. The standard InChI is InChI=1S/C5H4N4O/c1-3-6-2-4-5(7-3)10-9-8-4/h2H,1H3. The molecule has 0 bridgehead atoms. The number of aromatic nitrogens is 4. The molecule has 2 aromatic rings. The first-order chi connectivity index (χ1) is 4.86. The van der Waals surface area contributed by atoms with Gasteiger partial charge in [0.25, 0.3) is 5.71 Å². The molecule has 0 saturated carbocycles. The monoisotopic (exact) mass is 136 g/mol. The average molecular weight is 136 g/mol. The zero-order chi connectivity index (χ0) is 6.97. The summed E-state index contributed by atoms with van der Waals surface area (Å²) in [6, 6.07) is 0. The molecular weight excluding hydrogens is 132 g/mol. The van der Waals surface area contributed by atoms with Gasteiger partial charge in [0, 0.05) is 5.27 Å². The number of fused-ring (bicyclic) bond motifs is 1. The van der Waals surface area contributed by atoms with E-state index in [-0.39, 0.29) is 0 Å². The van der Waals surface area contributed by atoms with E-state index in [1.54, 1.807) is 13.1 Å². The minimum atomic E-state index is 0.438. The van der Waals surface area contributed by atoms with Crippen molar-refractivity contribution in [2.45, 2.75) is 6.92 Å². The van der Waals surface area contributed by atoms with Gasteiger partial charge in [-0.25, -0.2) is 4.98 Å². The van der Waals surface area contributed by atoms with E-state index < -0.39 is 0 Å². The Morgan fingerprint density at radius 1 is 1.50 bits per heavy atom. The van der Waals surface area contributed by atoms with Crippen molar-refractivity contribution in [3.63, 3.8) is 0 Å². The molecule has 2 heterocycles. The average Bonchev–Trinajstić information content (AvgIpc) is 2.33. The van der Waals surface area contributed by atoms with E-state index in [4.69, 9.17) is 0 Å². The largest absolute Gasteiger partial charge is 0.316 e. The maximum atomic E-state index is 4.69. The lowest BCUT2D eigenvalue weighted by atomic mass is 10.5. The van der Waals surface area contributed by atoms with E-state index >= 15 is 0 Å². The summed E-state index contributed by atoms with van der Waals surface area (Å²) in [6.07, 6.45) is 1.58. The van der Waals surface area contributed by atoms with Gasteiger partial charge in [-0.2, -0.15) is 4.98 Å². The Kier molecular flexibility index (Phi) is 0.913. The van der Waals surface area contributed by atoms with Crippen LogP contribution in [-0.4, -0.2) is 20.3 Å². The third kappa shape index (κ3) is 0.637. The fourth-order valence-electron chi connectivity index (χ4n) is 0.682. The molecule has 0 saturated heterocycles. The SMILES string of the molecule is Cc1ncc2nnoc2n1. The minimum absolute atomic E-state index is 0.438. The van der Waals surface area contributed by atoms with Gasteiger partial charge in [0.05, 0.1) is 6.20 Å². The molecule has 0 N–H and O–H groups in total. The molecular formula is C5H4N4O. The predicted molar refractivity (Wildman–Crippen MR) is 32.1 cm³/mol.